The Morgan fingerprint density at radius 2 is 1.83 bits per heavy atom. The molecule has 2 fully saturated rings. The monoisotopic (exact) mass is 169 g/mol. The minimum atomic E-state index is 0.156. The predicted octanol–water partition coefficient (Wildman–Crippen LogP) is 1.45. The zero-order valence-corrected chi connectivity index (χ0v) is 7.15. The molecule has 2 unspecified atom stereocenters. The zero-order chi connectivity index (χ0) is 8.55. The van der Waals surface area contributed by atoms with Crippen molar-refractivity contribution < 1.29 is 9.94 Å². The van der Waals surface area contributed by atoms with Crippen LogP contribution in [0, 0.1) is 7.11 Å². The van der Waals surface area contributed by atoms with Crippen molar-refractivity contribution in [1.29, 1.82) is 0 Å². The van der Waals surface area contributed by atoms with Crippen molar-refractivity contribution in [2.24, 2.45) is 0 Å². The van der Waals surface area contributed by atoms with Gasteiger partial charge in [-0.25, -0.2) is 0 Å². The highest BCUT2D eigenvalue weighted by Crippen LogP contribution is 2.33. The van der Waals surface area contributed by atoms with E-state index in [-0.39, 0.29) is 18.2 Å². The molecule has 0 aromatic carbocycles. The predicted molar refractivity (Wildman–Crippen MR) is 43.5 cm³/mol. The average Bonchev–Trinajstić information content (AvgIpc) is 2.04. The van der Waals surface area contributed by atoms with E-state index >= 15 is 0 Å². The van der Waals surface area contributed by atoms with Crippen LogP contribution in [0.25, 0.3) is 0 Å². The summed E-state index contributed by atoms with van der Waals surface area (Å²) in [5.41, 5.74) is 0. The summed E-state index contributed by atoms with van der Waals surface area (Å²) in [7, 11) is 5.15. The number of hydrogen-bond donors (Lipinski definition) is 1. The summed E-state index contributed by atoms with van der Waals surface area (Å²) >= 11 is 0. The summed E-state index contributed by atoms with van der Waals surface area (Å²) in [5.74, 6) is 0. The third-order valence-electron chi connectivity index (χ3n) is 3.09. The smallest absolute Gasteiger partial charge is 0.115 e. The van der Waals surface area contributed by atoms with Crippen LogP contribution in [0.1, 0.15) is 32.1 Å². The first-order valence-electron chi connectivity index (χ1n) is 4.64. The second-order valence-electron chi connectivity index (χ2n) is 3.85. The van der Waals surface area contributed by atoms with Crippen LogP contribution >= 0.6 is 0 Å². The van der Waals surface area contributed by atoms with Crippen molar-refractivity contribution in [3.63, 3.8) is 0 Å². The van der Waals surface area contributed by atoms with Crippen LogP contribution in [0.4, 0.5) is 0 Å². The van der Waals surface area contributed by atoms with Crippen molar-refractivity contribution in [2.45, 2.75) is 50.3 Å². The third kappa shape index (κ3) is 1.37. The van der Waals surface area contributed by atoms with E-state index in [4.69, 9.17) is 11.8 Å². The molecule has 2 bridgehead atoms. The second kappa shape index (κ2) is 3.32. The Morgan fingerprint density at radius 1 is 1.25 bits per heavy atom. The standard InChI is InChI=1S/C9H15NO2/c1-12-9-5-7-3-2-4-8(6-9)10(7)11/h1,7-9,11H,2-6H2. The van der Waals surface area contributed by atoms with Gasteiger partial charge in [0.05, 0.1) is 6.10 Å². The van der Waals surface area contributed by atoms with Gasteiger partial charge in [-0.3, -0.25) is 0 Å². The highest BCUT2D eigenvalue weighted by Gasteiger charge is 2.37. The van der Waals surface area contributed by atoms with E-state index in [2.05, 4.69) is 0 Å². The summed E-state index contributed by atoms with van der Waals surface area (Å²) in [6.45, 7) is 0. The molecular formula is C9H15NO2. The number of rotatable bonds is 1. The maximum absolute atomic E-state index is 9.64. The summed E-state index contributed by atoms with van der Waals surface area (Å²) in [5, 5.41) is 11.2. The van der Waals surface area contributed by atoms with Gasteiger partial charge in [-0.05, 0) is 25.7 Å². The van der Waals surface area contributed by atoms with E-state index in [1.807, 2.05) is 0 Å². The molecule has 0 aliphatic carbocycles. The number of ether oxygens (including phenoxy) is 1. The van der Waals surface area contributed by atoms with Gasteiger partial charge in [-0.15, -0.1) is 0 Å². The molecule has 2 atom stereocenters. The fourth-order valence-electron chi connectivity index (χ4n) is 2.42. The maximum atomic E-state index is 9.64. The van der Waals surface area contributed by atoms with Crippen LogP contribution in [-0.4, -0.2) is 28.5 Å². The minimum absolute atomic E-state index is 0.156. The fourth-order valence-corrected chi connectivity index (χ4v) is 2.42. The van der Waals surface area contributed by atoms with Crippen LogP contribution in [0.3, 0.4) is 0 Å². The average molecular weight is 169 g/mol. The Bertz CT molecular complexity index is 149. The third-order valence-corrected chi connectivity index (χ3v) is 3.09. The van der Waals surface area contributed by atoms with Gasteiger partial charge >= 0.3 is 0 Å². The number of hydrogen-bond acceptors (Lipinski definition) is 3. The molecule has 0 spiro atoms. The second-order valence-corrected chi connectivity index (χ2v) is 3.85. The molecule has 2 rings (SSSR count). The van der Waals surface area contributed by atoms with Gasteiger partial charge < -0.3 is 9.94 Å². The number of nitrogens with zero attached hydrogens (tertiary/aromatic N) is 1. The Kier molecular flexibility index (Phi) is 2.35. The molecule has 0 saturated carbocycles. The summed E-state index contributed by atoms with van der Waals surface area (Å²) in [6, 6.07) is 0.567. The van der Waals surface area contributed by atoms with Gasteiger partial charge in [0, 0.05) is 12.1 Å². The zero-order valence-electron chi connectivity index (χ0n) is 7.15. The minimum Gasteiger partial charge on any atom is -0.369 e. The molecule has 0 aromatic rings. The highest BCUT2D eigenvalue weighted by molar-refractivity contribution is 4.88. The van der Waals surface area contributed by atoms with E-state index in [1.54, 1.807) is 0 Å². The summed E-state index contributed by atoms with van der Waals surface area (Å²) < 4.78 is 4.84. The largest absolute Gasteiger partial charge is 0.369 e. The van der Waals surface area contributed by atoms with Crippen molar-refractivity contribution in [2.75, 3.05) is 0 Å². The number of hydroxylamine groups is 2. The molecule has 0 aromatic heterocycles. The van der Waals surface area contributed by atoms with Crippen molar-refractivity contribution >= 4 is 0 Å². The van der Waals surface area contributed by atoms with E-state index in [0.29, 0.717) is 0 Å². The Morgan fingerprint density at radius 3 is 2.33 bits per heavy atom. The van der Waals surface area contributed by atoms with E-state index in [0.717, 1.165) is 25.7 Å². The van der Waals surface area contributed by atoms with Crippen LogP contribution in [0.15, 0.2) is 0 Å². The highest BCUT2D eigenvalue weighted by atomic mass is 16.5. The Labute approximate surface area is 73.3 Å². The molecule has 2 saturated heterocycles. The molecule has 3 nitrogen and oxygen atoms in total. The fraction of sp³-hybridized carbons (Fsp3) is 0.889. The van der Waals surface area contributed by atoms with Crippen molar-refractivity contribution in [1.82, 2.24) is 5.06 Å². The molecule has 2 aliphatic heterocycles. The molecule has 0 amide bonds. The van der Waals surface area contributed by atoms with E-state index < -0.39 is 0 Å². The molecule has 2 heterocycles. The van der Waals surface area contributed by atoms with Gasteiger partial charge in [-0.2, -0.15) is 5.06 Å². The lowest BCUT2D eigenvalue weighted by Gasteiger charge is -2.44. The molecule has 1 N–H and O–H groups in total. The molecule has 2 radical (unpaired) electrons. The van der Waals surface area contributed by atoms with Crippen molar-refractivity contribution in [3.05, 3.63) is 7.11 Å². The summed E-state index contributed by atoms with van der Waals surface area (Å²) in [6.07, 6.45) is 5.29. The van der Waals surface area contributed by atoms with Crippen LogP contribution < -0.4 is 0 Å². The molecular weight excluding hydrogens is 154 g/mol. The number of fused-ring (bicyclic) bond motifs is 2. The lowest BCUT2D eigenvalue weighted by atomic mass is 9.85. The molecule has 2 aliphatic rings. The summed E-state index contributed by atoms with van der Waals surface area (Å²) in [4.78, 5) is 0. The van der Waals surface area contributed by atoms with E-state index in [9.17, 15) is 5.21 Å². The lowest BCUT2D eigenvalue weighted by molar-refractivity contribution is -0.210. The Hall–Kier alpha value is -0.120. The van der Waals surface area contributed by atoms with Gasteiger partial charge in [-0.1, -0.05) is 6.42 Å². The first-order chi connectivity index (χ1) is 5.81. The molecule has 3 heteroatoms. The first kappa shape index (κ1) is 8.48. The van der Waals surface area contributed by atoms with Crippen LogP contribution in [0.2, 0.25) is 0 Å². The van der Waals surface area contributed by atoms with Crippen LogP contribution in [0.5, 0.6) is 0 Å². The number of piperidine rings is 2. The normalized spacial score (nSPS) is 43.0. The SMILES string of the molecule is [CH]OC1CC2CCCC(C1)N2O. The molecule has 12 heavy (non-hydrogen) atoms. The van der Waals surface area contributed by atoms with Crippen molar-refractivity contribution in [3.8, 4) is 0 Å². The molecule has 68 valence electrons. The maximum Gasteiger partial charge on any atom is 0.115 e. The lowest BCUT2D eigenvalue weighted by Crippen LogP contribution is -2.51. The topological polar surface area (TPSA) is 32.7 Å². The van der Waals surface area contributed by atoms with Gasteiger partial charge in [0.2, 0.25) is 0 Å². The quantitative estimate of drug-likeness (QED) is 0.644. The first-order valence-corrected chi connectivity index (χ1v) is 4.64. The Balaban J connectivity index is 2.02. The van der Waals surface area contributed by atoms with Gasteiger partial charge in [0.1, 0.15) is 7.11 Å². The van der Waals surface area contributed by atoms with Crippen LogP contribution in [-0.2, 0) is 4.74 Å². The van der Waals surface area contributed by atoms with Gasteiger partial charge in [0.25, 0.3) is 0 Å². The van der Waals surface area contributed by atoms with E-state index in [1.165, 1.54) is 11.5 Å². The van der Waals surface area contributed by atoms with Gasteiger partial charge in [0.15, 0.2) is 0 Å².